The van der Waals surface area contributed by atoms with E-state index in [0.717, 1.165) is 12.8 Å². The Hall–Kier alpha value is -1.12. The van der Waals surface area contributed by atoms with E-state index in [-0.39, 0.29) is 17.9 Å². The third-order valence-electron chi connectivity index (χ3n) is 3.34. The average Bonchev–Trinajstić information content (AvgIpc) is 2.11. The number of hydrogen-bond acceptors (Lipinski definition) is 3. The molecule has 1 aliphatic heterocycles. The van der Waals surface area contributed by atoms with Gasteiger partial charge in [0.15, 0.2) is 0 Å². The van der Waals surface area contributed by atoms with Crippen molar-refractivity contribution in [2.24, 2.45) is 5.41 Å². The summed E-state index contributed by atoms with van der Waals surface area (Å²) >= 11 is 0. The smallest absolute Gasteiger partial charge is 0.333 e. The summed E-state index contributed by atoms with van der Waals surface area (Å²) in [5.41, 5.74) is -0.0672. The van der Waals surface area contributed by atoms with Crippen LogP contribution in [0, 0.1) is 5.41 Å². The molecule has 1 saturated carbocycles. The molecule has 1 aliphatic carbocycles. The minimum absolute atomic E-state index is 0.211. The zero-order chi connectivity index (χ0) is 10.3. The molecule has 0 radical (unpaired) electrons. The first-order valence-electron chi connectivity index (χ1n) is 4.96. The van der Waals surface area contributed by atoms with E-state index < -0.39 is 5.41 Å². The van der Waals surface area contributed by atoms with Crippen LogP contribution in [0.3, 0.4) is 0 Å². The zero-order valence-corrected chi connectivity index (χ0v) is 8.34. The van der Waals surface area contributed by atoms with Gasteiger partial charge in [0, 0.05) is 12.0 Å². The number of fused-ring (bicyclic) bond motifs is 1. The Morgan fingerprint density at radius 3 is 2.93 bits per heavy atom. The van der Waals surface area contributed by atoms with Crippen LogP contribution >= 0.6 is 0 Å². The number of ether oxygens (including phenoxy) is 1. The summed E-state index contributed by atoms with van der Waals surface area (Å²) in [5, 5.41) is 0. The number of esters is 1. The van der Waals surface area contributed by atoms with Crippen molar-refractivity contribution in [1.29, 1.82) is 0 Å². The second-order valence-electron chi connectivity index (χ2n) is 4.41. The molecule has 0 bridgehead atoms. The number of hydrogen-bond donors (Lipinski definition) is 0. The highest BCUT2D eigenvalue weighted by Gasteiger charge is 2.49. The van der Waals surface area contributed by atoms with E-state index in [1.54, 1.807) is 0 Å². The molecular weight excluding hydrogens is 180 g/mol. The van der Waals surface area contributed by atoms with E-state index in [0.29, 0.717) is 18.4 Å². The van der Waals surface area contributed by atoms with Gasteiger partial charge >= 0.3 is 5.97 Å². The Bertz CT molecular complexity index is 318. The van der Waals surface area contributed by atoms with E-state index in [1.807, 2.05) is 6.92 Å². The molecule has 2 fully saturated rings. The van der Waals surface area contributed by atoms with E-state index in [1.165, 1.54) is 0 Å². The van der Waals surface area contributed by atoms with E-state index in [4.69, 9.17) is 4.74 Å². The average molecular weight is 194 g/mol. The molecule has 14 heavy (non-hydrogen) atoms. The number of carbonyl (C=O) groups is 2. The first-order chi connectivity index (χ1) is 6.54. The van der Waals surface area contributed by atoms with Crippen molar-refractivity contribution in [3.8, 4) is 0 Å². The summed E-state index contributed by atoms with van der Waals surface area (Å²) in [4.78, 5) is 23.0. The third kappa shape index (κ3) is 1.19. The molecule has 2 atom stereocenters. The maximum atomic E-state index is 11.8. The minimum Gasteiger partial charge on any atom is -0.458 e. The van der Waals surface area contributed by atoms with Gasteiger partial charge in [0.1, 0.15) is 11.9 Å². The van der Waals surface area contributed by atoms with Crippen LogP contribution < -0.4 is 0 Å². The second-order valence-corrected chi connectivity index (χ2v) is 4.41. The third-order valence-corrected chi connectivity index (χ3v) is 3.34. The Morgan fingerprint density at radius 2 is 2.21 bits per heavy atom. The van der Waals surface area contributed by atoms with Crippen LogP contribution in [0.5, 0.6) is 0 Å². The van der Waals surface area contributed by atoms with Crippen LogP contribution in [0.25, 0.3) is 0 Å². The van der Waals surface area contributed by atoms with Gasteiger partial charge in [0.25, 0.3) is 0 Å². The monoisotopic (exact) mass is 194 g/mol. The molecule has 0 aromatic carbocycles. The Morgan fingerprint density at radius 1 is 1.50 bits per heavy atom. The maximum absolute atomic E-state index is 11.8. The molecule has 0 aromatic rings. The normalized spacial score (nSPS) is 37.8. The fourth-order valence-corrected chi connectivity index (χ4v) is 2.36. The molecule has 2 unspecified atom stereocenters. The lowest BCUT2D eigenvalue weighted by molar-refractivity contribution is -0.166. The fourth-order valence-electron chi connectivity index (χ4n) is 2.36. The Labute approximate surface area is 83.1 Å². The summed E-state index contributed by atoms with van der Waals surface area (Å²) < 4.78 is 5.22. The van der Waals surface area contributed by atoms with Crippen molar-refractivity contribution in [2.75, 3.05) is 0 Å². The molecule has 0 aromatic heterocycles. The fraction of sp³-hybridized carbons (Fsp3) is 0.636. The van der Waals surface area contributed by atoms with Crippen molar-refractivity contribution in [3.05, 3.63) is 12.2 Å². The molecule has 3 nitrogen and oxygen atoms in total. The van der Waals surface area contributed by atoms with Gasteiger partial charge in [0.05, 0.1) is 5.41 Å². The van der Waals surface area contributed by atoms with Crippen molar-refractivity contribution in [2.45, 2.75) is 38.7 Å². The van der Waals surface area contributed by atoms with Crippen LogP contribution in [-0.2, 0) is 14.3 Å². The lowest BCUT2D eigenvalue weighted by Crippen LogP contribution is -2.49. The summed E-state index contributed by atoms with van der Waals surface area (Å²) in [5.74, 6) is -0.121. The van der Waals surface area contributed by atoms with Gasteiger partial charge in [-0.05, 0) is 26.2 Å². The van der Waals surface area contributed by atoms with E-state index in [9.17, 15) is 9.59 Å². The molecular formula is C11H14O3. The van der Waals surface area contributed by atoms with Crippen LogP contribution in [0.1, 0.15) is 32.6 Å². The van der Waals surface area contributed by atoms with Crippen LogP contribution in [-0.4, -0.2) is 17.9 Å². The Balaban J connectivity index is 2.30. The van der Waals surface area contributed by atoms with Crippen molar-refractivity contribution < 1.29 is 14.3 Å². The van der Waals surface area contributed by atoms with Crippen molar-refractivity contribution >= 4 is 11.8 Å². The topological polar surface area (TPSA) is 43.4 Å². The van der Waals surface area contributed by atoms with Gasteiger partial charge in [-0.15, -0.1) is 0 Å². The molecule has 76 valence electrons. The number of ketones is 1. The standard InChI is InChI=1S/C11H14O3/c1-7-6-11(2)8(12)4-3-5-9(11)14-10(7)13/h9H,1,3-6H2,2H3. The largest absolute Gasteiger partial charge is 0.458 e. The number of Topliss-reactive ketones (excluding diaryl/α,β-unsaturated/α-hetero) is 1. The van der Waals surface area contributed by atoms with Gasteiger partial charge in [-0.1, -0.05) is 6.58 Å². The molecule has 0 N–H and O–H groups in total. The molecule has 1 saturated heterocycles. The van der Waals surface area contributed by atoms with Crippen LogP contribution in [0.4, 0.5) is 0 Å². The van der Waals surface area contributed by atoms with Crippen molar-refractivity contribution in [3.63, 3.8) is 0 Å². The summed E-state index contributed by atoms with van der Waals surface area (Å²) in [7, 11) is 0. The van der Waals surface area contributed by atoms with Gasteiger partial charge < -0.3 is 4.74 Å². The zero-order valence-electron chi connectivity index (χ0n) is 8.34. The number of rotatable bonds is 0. The van der Waals surface area contributed by atoms with Gasteiger partial charge in [0.2, 0.25) is 0 Å². The molecule has 2 aliphatic rings. The summed E-state index contributed by atoms with van der Waals surface area (Å²) in [6.07, 6.45) is 2.49. The lowest BCUT2D eigenvalue weighted by atomic mass is 9.67. The Kier molecular flexibility index (Phi) is 1.98. The first kappa shape index (κ1) is 9.44. The minimum atomic E-state index is -0.497. The highest BCUT2D eigenvalue weighted by atomic mass is 16.5. The SMILES string of the molecule is C=C1CC2(C)C(=O)CCCC2OC1=O. The van der Waals surface area contributed by atoms with Crippen LogP contribution in [0.15, 0.2) is 12.2 Å². The van der Waals surface area contributed by atoms with Gasteiger partial charge in [-0.2, -0.15) is 0 Å². The molecule has 3 heteroatoms. The van der Waals surface area contributed by atoms with Crippen LogP contribution in [0.2, 0.25) is 0 Å². The first-order valence-corrected chi connectivity index (χ1v) is 4.96. The highest BCUT2D eigenvalue weighted by Crippen LogP contribution is 2.43. The predicted molar refractivity (Wildman–Crippen MR) is 50.6 cm³/mol. The quantitative estimate of drug-likeness (QED) is 0.434. The predicted octanol–water partition coefficient (Wildman–Crippen LogP) is 1.62. The summed E-state index contributed by atoms with van der Waals surface area (Å²) in [6, 6.07) is 0. The molecule has 0 amide bonds. The molecule has 0 spiro atoms. The summed E-state index contributed by atoms with van der Waals surface area (Å²) in [6.45, 7) is 5.52. The highest BCUT2D eigenvalue weighted by molar-refractivity contribution is 5.94. The van der Waals surface area contributed by atoms with Gasteiger partial charge in [-0.3, -0.25) is 4.79 Å². The second kappa shape index (κ2) is 2.94. The van der Waals surface area contributed by atoms with E-state index >= 15 is 0 Å². The molecule has 1 heterocycles. The maximum Gasteiger partial charge on any atom is 0.333 e. The number of carbonyl (C=O) groups excluding carboxylic acids is 2. The lowest BCUT2D eigenvalue weighted by Gasteiger charge is -2.42. The molecule has 2 rings (SSSR count). The van der Waals surface area contributed by atoms with E-state index in [2.05, 4.69) is 6.58 Å². The van der Waals surface area contributed by atoms with Gasteiger partial charge in [-0.25, -0.2) is 4.79 Å². The van der Waals surface area contributed by atoms with Crippen molar-refractivity contribution in [1.82, 2.24) is 0 Å².